The molecule has 12 heavy (non-hydrogen) atoms. The summed E-state index contributed by atoms with van der Waals surface area (Å²) in [4.78, 5) is 0. The van der Waals surface area contributed by atoms with Crippen LogP contribution in [-0.2, 0) is 6.54 Å². The third kappa shape index (κ3) is 2.37. The van der Waals surface area contributed by atoms with Gasteiger partial charge in [-0.3, -0.25) is 0 Å². The van der Waals surface area contributed by atoms with Crippen molar-refractivity contribution in [2.75, 3.05) is 6.54 Å². The lowest BCUT2D eigenvalue weighted by Crippen LogP contribution is -2.11. The van der Waals surface area contributed by atoms with Crippen LogP contribution in [0.3, 0.4) is 0 Å². The number of hydrogen-bond acceptors (Lipinski definition) is 1. The Morgan fingerprint density at radius 1 is 1.33 bits per heavy atom. The fourth-order valence-electron chi connectivity index (χ4n) is 0.945. The summed E-state index contributed by atoms with van der Waals surface area (Å²) < 4.78 is 0. The molecule has 0 spiro atoms. The molecule has 1 nitrogen and oxygen atoms in total. The van der Waals surface area contributed by atoms with Gasteiger partial charge in [-0.05, 0) is 18.2 Å². The summed E-state index contributed by atoms with van der Waals surface area (Å²) in [5.41, 5.74) is 1.05. The lowest BCUT2D eigenvalue weighted by molar-refractivity contribution is 0.727. The Balaban J connectivity index is 2.78. The molecule has 0 radical (unpaired) electrons. The highest BCUT2D eigenvalue weighted by molar-refractivity contribution is 6.42. The van der Waals surface area contributed by atoms with Crippen LogP contribution in [0.25, 0.3) is 0 Å². The van der Waals surface area contributed by atoms with Crippen molar-refractivity contribution >= 4 is 23.2 Å². The minimum absolute atomic E-state index is 0.618. The van der Waals surface area contributed by atoms with Crippen LogP contribution in [0.2, 0.25) is 10.0 Å². The maximum absolute atomic E-state index is 5.96. The van der Waals surface area contributed by atoms with Gasteiger partial charge in [0.05, 0.1) is 10.0 Å². The maximum Gasteiger partial charge on any atom is 0.0637 e. The largest absolute Gasteiger partial charge is 0.313 e. The van der Waals surface area contributed by atoms with Gasteiger partial charge in [0.15, 0.2) is 0 Å². The van der Waals surface area contributed by atoms with Crippen molar-refractivity contribution < 1.29 is 0 Å². The van der Waals surface area contributed by atoms with Crippen LogP contribution in [0, 0.1) is 0 Å². The van der Waals surface area contributed by atoms with Gasteiger partial charge in [0, 0.05) is 6.54 Å². The quantitative estimate of drug-likeness (QED) is 0.797. The summed E-state index contributed by atoms with van der Waals surface area (Å²) in [6, 6.07) is 5.66. The first kappa shape index (κ1) is 9.85. The van der Waals surface area contributed by atoms with E-state index >= 15 is 0 Å². The number of halogens is 2. The molecule has 66 valence electrons. The van der Waals surface area contributed by atoms with Gasteiger partial charge in [-0.15, -0.1) is 0 Å². The molecule has 0 heterocycles. The van der Waals surface area contributed by atoms with E-state index in [0.29, 0.717) is 10.0 Å². The van der Waals surface area contributed by atoms with E-state index in [2.05, 4.69) is 12.2 Å². The molecule has 1 aromatic rings. The average molecular weight is 204 g/mol. The van der Waals surface area contributed by atoms with Crippen molar-refractivity contribution in [3.05, 3.63) is 33.8 Å². The Morgan fingerprint density at radius 2 is 2.08 bits per heavy atom. The van der Waals surface area contributed by atoms with Gasteiger partial charge in [-0.2, -0.15) is 0 Å². The molecule has 0 aliphatic heterocycles. The predicted molar refractivity (Wildman–Crippen MR) is 53.8 cm³/mol. The first-order chi connectivity index (χ1) is 5.75. The Kier molecular flexibility index (Phi) is 3.86. The van der Waals surface area contributed by atoms with Gasteiger partial charge in [0.25, 0.3) is 0 Å². The summed E-state index contributed by atoms with van der Waals surface area (Å²) in [5.74, 6) is 0. The minimum Gasteiger partial charge on any atom is -0.313 e. The van der Waals surface area contributed by atoms with Crippen LogP contribution < -0.4 is 5.32 Å². The summed E-state index contributed by atoms with van der Waals surface area (Å²) in [6.45, 7) is 3.76. The van der Waals surface area contributed by atoms with E-state index in [1.165, 1.54) is 0 Å². The number of benzene rings is 1. The highest BCUT2D eigenvalue weighted by Gasteiger charge is 2.02. The molecule has 0 aliphatic carbocycles. The first-order valence-corrected chi connectivity index (χ1v) is 4.65. The van der Waals surface area contributed by atoms with E-state index in [0.717, 1.165) is 18.7 Å². The molecule has 0 saturated carbocycles. The van der Waals surface area contributed by atoms with Crippen LogP contribution >= 0.6 is 23.2 Å². The highest BCUT2D eigenvalue weighted by Crippen LogP contribution is 2.25. The fourth-order valence-corrected chi connectivity index (χ4v) is 1.33. The van der Waals surface area contributed by atoms with Gasteiger partial charge in [-0.1, -0.05) is 42.3 Å². The van der Waals surface area contributed by atoms with E-state index in [1.54, 1.807) is 6.07 Å². The Bertz CT molecular complexity index is 261. The summed E-state index contributed by atoms with van der Waals surface area (Å²) in [6.07, 6.45) is 0. The second kappa shape index (κ2) is 4.70. The Labute approximate surface area is 82.7 Å². The normalized spacial score (nSPS) is 10.2. The van der Waals surface area contributed by atoms with Crippen LogP contribution in [-0.4, -0.2) is 6.54 Å². The second-order valence-electron chi connectivity index (χ2n) is 2.49. The van der Waals surface area contributed by atoms with E-state index in [9.17, 15) is 0 Å². The summed E-state index contributed by atoms with van der Waals surface area (Å²) in [5, 5.41) is 4.46. The van der Waals surface area contributed by atoms with Gasteiger partial charge < -0.3 is 5.32 Å². The predicted octanol–water partition coefficient (Wildman–Crippen LogP) is 3.10. The van der Waals surface area contributed by atoms with E-state index in [4.69, 9.17) is 23.2 Å². The molecule has 0 atom stereocenters. The number of rotatable bonds is 3. The summed E-state index contributed by atoms with van der Waals surface area (Å²) in [7, 11) is 0. The standard InChI is InChI=1S/C9H11Cl2N/c1-2-12-6-7-4-3-5-8(10)9(7)11/h3-5,12H,2,6H2,1H3. The molecular formula is C9H11Cl2N. The molecule has 0 bridgehead atoms. The Morgan fingerprint density at radius 3 is 2.75 bits per heavy atom. The fraction of sp³-hybridized carbons (Fsp3) is 0.333. The van der Waals surface area contributed by atoms with Crippen molar-refractivity contribution in [3.8, 4) is 0 Å². The van der Waals surface area contributed by atoms with Gasteiger partial charge in [0.2, 0.25) is 0 Å². The molecule has 1 N–H and O–H groups in total. The monoisotopic (exact) mass is 203 g/mol. The minimum atomic E-state index is 0.618. The highest BCUT2D eigenvalue weighted by atomic mass is 35.5. The van der Waals surface area contributed by atoms with Crippen LogP contribution in [0.15, 0.2) is 18.2 Å². The van der Waals surface area contributed by atoms with E-state index in [-0.39, 0.29) is 0 Å². The van der Waals surface area contributed by atoms with Crippen LogP contribution in [0.4, 0.5) is 0 Å². The molecule has 0 amide bonds. The molecule has 0 aromatic heterocycles. The molecular weight excluding hydrogens is 193 g/mol. The zero-order valence-electron chi connectivity index (χ0n) is 6.90. The SMILES string of the molecule is CCNCc1cccc(Cl)c1Cl. The zero-order chi connectivity index (χ0) is 8.97. The smallest absolute Gasteiger partial charge is 0.0637 e. The lowest BCUT2D eigenvalue weighted by atomic mass is 10.2. The Hall–Kier alpha value is -0.240. The molecule has 0 aliphatic rings. The average Bonchev–Trinajstić information content (AvgIpc) is 2.08. The number of hydrogen-bond donors (Lipinski definition) is 1. The molecule has 0 saturated heterocycles. The van der Waals surface area contributed by atoms with Crippen LogP contribution in [0.5, 0.6) is 0 Å². The maximum atomic E-state index is 5.96. The van der Waals surface area contributed by atoms with Crippen molar-refractivity contribution in [2.45, 2.75) is 13.5 Å². The van der Waals surface area contributed by atoms with Gasteiger partial charge in [-0.25, -0.2) is 0 Å². The van der Waals surface area contributed by atoms with Crippen molar-refractivity contribution in [3.63, 3.8) is 0 Å². The molecule has 0 unspecified atom stereocenters. The molecule has 0 fully saturated rings. The third-order valence-corrected chi connectivity index (χ3v) is 2.46. The van der Waals surface area contributed by atoms with E-state index < -0.39 is 0 Å². The summed E-state index contributed by atoms with van der Waals surface area (Å²) >= 11 is 11.8. The van der Waals surface area contributed by atoms with E-state index in [1.807, 2.05) is 12.1 Å². The van der Waals surface area contributed by atoms with Crippen molar-refractivity contribution in [1.82, 2.24) is 5.32 Å². The lowest BCUT2D eigenvalue weighted by Gasteiger charge is -2.05. The topological polar surface area (TPSA) is 12.0 Å². The molecule has 1 aromatic carbocycles. The van der Waals surface area contributed by atoms with Crippen molar-refractivity contribution in [2.24, 2.45) is 0 Å². The third-order valence-electron chi connectivity index (χ3n) is 1.60. The second-order valence-corrected chi connectivity index (χ2v) is 3.28. The zero-order valence-corrected chi connectivity index (χ0v) is 8.41. The first-order valence-electron chi connectivity index (χ1n) is 3.89. The van der Waals surface area contributed by atoms with Crippen LogP contribution in [0.1, 0.15) is 12.5 Å². The van der Waals surface area contributed by atoms with Gasteiger partial charge in [0.1, 0.15) is 0 Å². The molecule has 1 rings (SSSR count). The number of nitrogens with one attached hydrogen (secondary N) is 1. The van der Waals surface area contributed by atoms with Gasteiger partial charge >= 0.3 is 0 Å². The van der Waals surface area contributed by atoms with Crippen molar-refractivity contribution in [1.29, 1.82) is 0 Å². The molecule has 3 heteroatoms.